The smallest absolute Gasteiger partial charge is 0.411 e. The maximum Gasteiger partial charge on any atom is 0.411 e. The molecule has 0 unspecified atom stereocenters. The number of hydrogen-bond acceptors (Lipinski definition) is 3. The highest BCUT2D eigenvalue weighted by Crippen LogP contribution is 2.23. The zero-order valence-corrected chi connectivity index (χ0v) is 15.0. The predicted octanol–water partition coefficient (Wildman–Crippen LogP) is 4.58. The van der Waals surface area contributed by atoms with Gasteiger partial charge < -0.3 is 15.4 Å². The Hall–Kier alpha value is -2.50. The number of nitrogens with one attached hydrogen (secondary N) is 3. The minimum absolute atomic E-state index is 0.243. The van der Waals surface area contributed by atoms with Crippen LogP contribution < -0.4 is 16.0 Å². The molecule has 1 aromatic rings. The lowest BCUT2D eigenvalue weighted by atomic mass is 9.97. The van der Waals surface area contributed by atoms with Crippen molar-refractivity contribution in [3.8, 4) is 0 Å². The summed E-state index contributed by atoms with van der Waals surface area (Å²) in [6.45, 7) is 4.52. The number of carbonyl (C=O) groups excluding carboxylic acids is 2. The van der Waals surface area contributed by atoms with Crippen LogP contribution in [0.3, 0.4) is 0 Å². The van der Waals surface area contributed by atoms with Crippen molar-refractivity contribution in [3.05, 3.63) is 35.4 Å². The second-order valence-electron chi connectivity index (χ2n) is 6.06. The van der Waals surface area contributed by atoms with Crippen LogP contribution in [-0.2, 0) is 4.74 Å². The fraction of sp³-hybridized carbons (Fsp3) is 0.474. The minimum atomic E-state index is -0.507. The van der Waals surface area contributed by atoms with E-state index in [-0.39, 0.29) is 6.03 Å². The third-order valence-electron chi connectivity index (χ3n) is 4.21. The molecule has 0 atom stereocenters. The van der Waals surface area contributed by atoms with Crippen molar-refractivity contribution < 1.29 is 14.3 Å². The zero-order valence-electron chi connectivity index (χ0n) is 15.0. The Balaban J connectivity index is 1.85. The lowest BCUT2D eigenvalue weighted by Crippen LogP contribution is -2.30. The van der Waals surface area contributed by atoms with Gasteiger partial charge in [-0.3, -0.25) is 5.32 Å². The Morgan fingerprint density at radius 3 is 2.60 bits per heavy atom. The number of carbonyl (C=O) groups is 2. The van der Waals surface area contributed by atoms with Gasteiger partial charge >= 0.3 is 12.1 Å². The summed E-state index contributed by atoms with van der Waals surface area (Å²) in [7, 11) is 0. The summed E-state index contributed by atoms with van der Waals surface area (Å²) in [6, 6.07) is 5.10. The van der Waals surface area contributed by atoms with E-state index in [0.29, 0.717) is 24.5 Å². The molecular weight excluding hydrogens is 318 g/mol. The maximum atomic E-state index is 12.1. The van der Waals surface area contributed by atoms with Crippen LogP contribution in [0.5, 0.6) is 0 Å². The average Bonchev–Trinajstić information content (AvgIpc) is 2.59. The van der Waals surface area contributed by atoms with Crippen LogP contribution in [0.1, 0.15) is 44.6 Å². The molecule has 0 saturated carbocycles. The van der Waals surface area contributed by atoms with Crippen LogP contribution in [0, 0.1) is 6.92 Å². The van der Waals surface area contributed by atoms with E-state index >= 15 is 0 Å². The number of hydrogen-bond donors (Lipinski definition) is 3. The molecule has 0 heterocycles. The number of rotatable bonds is 6. The van der Waals surface area contributed by atoms with Gasteiger partial charge in [0.1, 0.15) is 0 Å². The quantitative estimate of drug-likeness (QED) is 0.661. The van der Waals surface area contributed by atoms with Gasteiger partial charge in [0.15, 0.2) is 0 Å². The zero-order chi connectivity index (χ0) is 18.1. The summed E-state index contributed by atoms with van der Waals surface area (Å²) in [6.07, 6.45) is 7.50. The summed E-state index contributed by atoms with van der Waals surface area (Å²) >= 11 is 0. The van der Waals surface area contributed by atoms with Crippen molar-refractivity contribution in [1.29, 1.82) is 0 Å². The van der Waals surface area contributed by atoms with Crippen molar-refractivity contribution in [2.75, 3.05) is 23.8 Å². The molecule has 136 valence electrons. The number of ether oxygens (including phenoxy) is 1. The topological polar surface area (TPSA) is 79.5 Å². The molecule has 1 aromatic carbocycles. The van der Waals surface area contributed by atoms with Crippen molar-refractivity contribution in [1.82, 2.24) is 5.32 Å². The third kappa shape index (κ3) is 6.14. The van der Waals surface area contributed by atoms with Crippen LogP contribution >= 0.6 is 0 Å². The second kappa shape index (κ2) is 9.71. The molecule has 0 aliphatic heterocycles. The molecule has 0 fully saturated rings. The third-order valence-corrected chi connectivity index (χ3v) is 4.21. The van der Waals surface area contributed by atoms with Gasteiger partial charge in [-0.1, -0.05) is 17.7 Å². The first kappa shape index (κ1) is 18.8. The summed E-state index contributed by atoms with van der Waals surface area (Å²) in [4.78, 5) is 23.6. The lowest BCUT2D eigenvalue weighted by molar-refractivity contribution is 0.168. The molecule has 0 bridgehead atoms. The number of allylic oxidation sites excluding steroid dienone is 1. The first-order valence-corrected chi connectivity index (χ1v) is 8.86. The minimum Gasteiger partial charge on any atom is -0.450 e. The predicted molar refractivity (Wildman–Crippen MR) is 100 cm³/mol. The second-order valence-corrected chi connectivity index (χ2v) is 6.06. The molecule has 0 spiro atoms. The van der Waals surface area contributed by atoms with Gasteiger partial charge in [-0.2, -0.15) is 0 Å². The first-order valence-electron chi connectivity index (χ1n) is 8.86. The van der Waals surface area contributed by atoms with Crippen molar-refractivity contribution in [2.45, 2.75) is 46.0 Å². The summed E-state index contributed by atoms with van der Waals surface area (Å²) in [5, 5.41) is 8.39. The number of anilines is 2. The van der Waals surface area contributed by atoms with Gasteiger partial charge in [-0.15, -0.1) is 0 Å². The van der Waals surface area contributed by atoms with Crippen LogP contribution in [0.25, 0.3) is 0 Å². The summed E-state index contributed by atoms with van der Waals surface area (Å²) < 4.78 is 4.88. The van der Waals surface area contributed by atoms with Crippen LogP contribution in [0.2, 0.25) is 0 Å². The SMILES string of the molecule is CCOC(=O)Nc1cccc(NC(=O)NCCC2=CCCCC2)c1C. The molecule has 6 heteroatoms. The largest absolute Gasteiger partial charge is 0.450 e. The van der Waals surface area contributed by atoms with E-state index in [4.69, 9.17) is 4.74 Å². The molecule has 1 aliphatic rings. The van der Waals surface area contributed by atoms with Gasteiger partial charge in [-0.05, 0) is 63.6 Å². The number of benzene rings is 1. The summed E-state index contributed by atoms with van der Waals surface area (Å²) in [5.74, 6) is 0. The Kier molecular flexibility index (Phi) is 7.32. The Labute approximate surface area is 149 Å². The van der Waals surface area contributed by atoms with Crippen molar-refractivity contribution in [2.24, 2.45) is 0 Å². The first-order chi connectivity index (χ1) is 12.1. The van der Waals surface area contributed by atoms with Crippen molar-refractivity contribution in [3.63, 3.8) is 0 Å². The highest BCUT2D eigenvalue weighted by Gasteiger charge is 2.10. The molecule has 0 saturated heterocycles. The normalized spacial score (nSPS) is 13.6. The Morgan fingerprint density at radius 2 is 1.92 bits per heavy atom. The van der Waals surface area contributed by atoms with E-state index in [1.54, 1.807) is 25.1 Å². The molecule has 0 aromatic heterocycles. The van der Waals surface area contributed by atoms with Crippen LogP contribution in [-0.4, -0.2) is 25.3 Å². The van der Waals surface area contributed by atoms with Gasteiger partial charge in [0, 0.05) is 17.9 Å². The van der Waals surface area contributed by atoms with Gasteiger partial charge in [-0.25, -0.2) is 9.59 Å². The summed E-state index contributed by atoms with van der Waals surface area (Å²) in [5.41, 5.74) is 3.48. The Morgan fingerprint density at radius 1 is 1.16 bits per heavy atom. The lowest BCUT2D eigenvalue weighted by Gasteiger charge is -2.15. The number of urea groups is 1. The molecule has 25 heavy (non-hydrogen) atoms. The van der Waals surface area contributed by atoms with Gasteiger partial charge in [0.25, 0.3) is 0 Å². The number of amides is 3. The average molecular weight is 345 g/mol. The highest BCUT2D eigenvalue weighted by atomic mass is 16.5. The molecule has 1 aliphatic carbocycles. The molecular formula is C19H27N3O3. The van der Waals surface area contributed by atoms with E-state index in [9.17, 15) is 9.59 Å². The standard InChI is InChI=1S/C19H27N3O3/c1-3-25-19(24)22-17-11-7-10-16(14(17)2)21-18(23)20-13-12-15-8-5-4-6-9-15/h7-8,10-11H,3-6,9,12-13H2,1-2H3,(H,22,24)(H2,20,21,23). The van der Waals surface area contributed by atoms with E-state index < -0.39 is 6.09 Å². The van der Waals surface area contributed by atoms with E-state index in [2.05, 4.69) is 22.0 Å². The molecule has 3 N–H and O–H groups in total. The molecule has 2 rings (SSSR count). The van der Waals surface area contributed by atoms with E-state index in [1.165, 1.54) is 18.4 Å². The van der Waals surface area contributed by atoms with Crippen LogP contribution in [0.15, 0.2) is 29.8 Å². The maximum absolute atomic E-state index is 12.1. The van der Waals surface area contributed by atoms with E-state index in [0.717, 1.165) is 24.8 Å². The van der Waals surface area contributed by atoms with Crippen molar-refractivity contribution >= 4 is 23.5 Å². The van der Waals surface area contributed by atoms with Crippen LogP contribution in [0.4, 0.5) is 21.0 Å². The molecule has 0 radical (unpaired) electrons. The van der Waals surface area contributed by atoms with Gasteiger partial charge in [0.2, 0.25) is 0 Å². The fourth-order valence-electron chi connectivity index (χ4n) is 2.82. The fourth-order valence-corrected chi connectivity index (χ4v) is 2.82. The highest BCUT2D eigenvalue weighted by molar-refractivity contribution is 5.93. The van der Waals surface area contributed by atoms with Gasteiger partial charge in [0.05, 0.1) is 6.61 Å². The molecule has 3 amide bonds. The Bertz CT molecular complexity index is 641. The molecule has 6 nitrogen and oxygen atoms in total. The van der Waals surface area contributed by atoms with E-state index in [1.807, 2.05) is 6.92 Å². The monoisotopic (exact) mass is 345 g/mol.